The van der Waals surface area contributed by atoms with Crippen LogP contribution in [-0.4, -0.2) is 52.2 Å². The summed E-state index contributed by atoms with van der Waals surface area (Å²) in [7, 11) is 1.81. The van der Waals surface area contributed by atoms with Crippen molar-refractivity contribution >= 4 is 5.91 Å². The van der Waals surface area contributed by atoms with Crippen LogP contribution >= 0.6 is 0 Å². The quantitative estimate of drug-likeness (QED) is 0.796. The molecule has 0 bridgehead atoms. The SMILES string of the molecule is CC(C)c1nc(C(=O)N(C)C2CCNC2)n[nH]1. The Hall–Kier alpha value is -1.43. The van der Waals surface area contributed by atoms with E-state index < -0.39 is 0 Å². The second-order valence-electron chi connectivity index (χ2n) is 4.76. The second kappa shape index (κ2) is 4.83. The summed E-state index contributed by atoms with van der Waals surface area (Å²) in [6, 6.07) is 0.253. The molecule has 1 aliphatic rings. The zero-order chi connectivity index (χ0) is 12.4. The predicted octanol–water partition coefficient (Wildman–Crippen LogP) is 0.362. The standard InChI is InChI=1S/C11H19N5O/c1-7(2)9-13-10(15-14-9)11(17)16(3)8-4-5-12-6-8/h7-8,12H,4-6H2,1-3H3,(H,13,14,15). The van der Waals surface area contributed by atoms with Crippen molar-refractivity contribution < 1.29 is 4.79 Å². The fraction of sp³-hybridized carbons (Fsp3) is 0.727. The number of carbonyl (C=O) groups excluding carboxylic acids is 1. The van der Waals surface area contributed by atoms with E-state index in [9.17, 15) is 4.79 Å². The van der Waals surface area contributed by atoms with E-state index in [1.807, 2.05) is 20.9 Å². The number of likely N-dealkylation sites (N-methyl/N-ethyl adjacent to an activating group) is 1. The number of rotatable bonds is 3. The van der Waals surface area contributed by atoms with E-state index in [0.29, 0.717) is 0 Å². The van der Waals surface area contributed by atoms with Crippen LogP contribution in [0.1, 0.15) is 42.6 Å². The number of aromatic nitrogens is 3. The van der Waals surface area contributed by atoms with Gasteiger partial charge in [0.05, 0.1) is 0 Å². The number of nitrogens with one attached hydrogen (secondary N) is 2. The number of amides is 1. The van der Waals surface area contributed by atoms with Crippen LogP contribution in [0, 0.1) is 0 Å². The first-order chi connectivity index (χ1) is 8.09. The molecule has 0 spiro atoms. The number of carbonyl (C=O) groups is 1. The van der Waals surface area contributed by atoms with Gasteiger partial charge in [0, 0.05) is 25.6 Å². The lowest BCUT2D eigenvalue weighted by Gasteiger charge is -2.22. The lowest BCUT2D eigenvalue weighted by atomic mass is 10.2. The summed E-state index contributed by atoms with van der Waals surface area (Å²) < 4.78 is 0. The summed E-state index contributed by atoms with van der Waals surface area (Å²) in [5.74, 6) is 1.17. The van der Waals surface area contributed by atoms with Crippen LogP contribution in [0.3, 0.4) is 0 Å². The van der Waals surface area contributed by atoms with E-state index in [4.69, 9.17) is 0 Å². The van der Waals surface area contributed by atoms with Crippen molar-refractivity contribution in [3.05, 3.63) is 11.6 Å². The summed E-state index contributed by atoms with van der Waals surface area (Å²) >= 11 is 0. The molecule has 2 rings (SSSR count). The first-order valence-electron chi connectivity index (χ1n) is 5.99. The molecule has 0 radical (unpaired) electrons. The van der Waals surface area contributed by atoms with E-state index in [-0.39, 0.29) is 23.7 Å². The molecule has 1 amide bonds. The van der Waals surface area contributed by atoms with Crippen LogP contribution in [0.2, 0.25) is 0 Å². The van der Waals surface area contributed by atoms with Gasteiger partial charge in [-0.25, -0.2) is 4.98 Å². The van der Waals surface area contributed by atoms with E-state index in [0.717, 1.165) is 25.3 Å². The molecule has 0 aromatic carbocycles. The molecule has 0 aliphatic carbocycles. The van der Waals surface area contributed by atoms with Crippen molar-refractivity contribution in [3.63, 3.8) is 0 Å². The Kier molecular flexibility index (Phi) is 3.42. The number of hydrogen-bond acceptors (Lipinski definition) is 4. The summed E-state index contributed by atoms with van der Waals surface area (Å²) in [5, 5.41) is 10.0. The molecule has 1 saturated heterocycles. The molecule has 1 unspecified atom stereocenters. The van der Waals surface area contributed by atoms with Gasteiger partial charge in [0.15, 0.2) is 0 Å². The minimum absolute atomic E-state index is 0.109. The zero-order valence-electron chi connectivity index (χ0n) is 10.5. The van der Waals surface area contributed by atoms with Crippen LogP contribution in [0.5, 0.6) is 0 Å². The first-order valence-corrected chi connectivity index (χ1v) is 5.99. The van der Waals surface area contributed by atoms with Crippen molar-refractivity contribution in [1.82, 2.24) is 25.4 Å². The highest BCUT2D eigenvalue weighted by Gasteiger charge is 2.26. The Morgan fingerprint density at radius 1 is 1.53 bits per heavy atom. The zero-order valence-corrected chi connectivity index (χ0v) is 10.5. The smallest absolute Gasteiger partial charge is 0.293 e. The predicted molar refractivity (Wildman–Crippen MR) is 63.8 cm³/mol. The molecular formula is C11H19N5O. The Morgan fingerprint density at radius 3 is 2.82 bits per heavy atom. The molecule has 94 valence electrons. The largest absolute Gasteiger partial charge is 0.335 e. The average molecular weight is 237 g/mol. The maximum Gasteiger partial charge on any atom is 0.293 e. The topological polar surface area (TPSA) is 73.9 Å². The van der Waals surface area contributed by atoms with Crippen molar-refractivity contribution in [1.29, 1.82) is 0 Å². The monoisotopic (exact) mass is 237 g/mol. The highest BCUT2D eigenvalue weighted by molar-refractivity contribution is 5.90. The third kappa shape index (κ3) is 2.46. The lowest BCUT2D eigenvalue weighted by molar-refractivity contribution is 0.0732. The van der Waals surface area contributed by atoms with Gasteiger partial charge in [-0.2, -0.15) is 0 Å². The molecule has 1 atom stereocenters. The van der Waals surface area contributed by atoms with Crippen molar-refractivity contribution in [2.24, 2.45) is 0 Å². The highest BCUT2D eigenvalue weighted by Crippen LogP contribution is 2.11. The number of H-pyrrole nitrogens is 1. The van der Waals surface area contributed by atoms with E-state index in [2.05, 4.69) is 20.5 Å². The summed E-state index contributed by atoms with van der Waals surface area (Å²) in [6.07, 6.45) is 0.990. The van der Waals surface area contributed by atoms with E-state index in [1.54, 1.807) is 4.90 Å². The minimum Gasteiger partial charge on any atom is -0.335 e. The average Bonchev–Trinajstić information content (AvgIpc) is 2.97. The third-order valence-electron chi connectivity index (χ3n) is 3.14. The first kappa shape index (κ1) is 12.0. The van der Waals surface area contributed by atoms with Gasteiger partial charge in [-0.3, -0.25) is 9.89 Å². The molecule has 0 saturated carbocycles. The van der Waals surface area contributed by atoms with Gasteiger partial charge in [0.1, 0.15) is 5.82 Å². The molecule has 1 aliphatic heterocycles. The van der Waals surface area contributed by atoms with Crippen molar-refractivity contribution in [2.45, 2.75) is 32.2 Å². The summed E-state index contributed by atoms with van der Waals surface area (Å²) in [6.45, 7) is 5.84. The van der Waals surface area contributed by atoms with Crippen LogP contribution in [-0.2, 0) is 0 Å². The van der Waals surface area contributed by atoms with Gasteiger partial charge in [0.25, 0.3) is 5.91 Å². The molecular weight excluding hydrogens is 218 g/mol. The number of aromatic amines is 1. The van der Waals surface area contributed by atoms with E-state index >= 15 is 0 Å². The van der Waals surface area contributed by atoms with Crippen molar-refractivity contribution in [2.75, 3.05) is 20.1 Å². The van der Waals surface area contributed by atoms with Crippen LogP contribution in [0.25, 0.3) is 0 Å². The molecule has 1 aromatic heterocycles. The normalized spacial score (nSPS) is 19.9. The lowest BCUT2D eigenvalue weighted by Crippen LogP contribution is -2.38. The van der Waals surface area contributed by atoms with Crippen molar-refractivity contribution in [3.8, 4) is 0 Å². The molecule has 6 heteroatoms. The fourth-order valence-corrected chi connectivity index (χ4v) is 1.92. The van der Waals surface area contributed by atoms with Gasteiger partial charge in [-0.15, -0.1) is 5.10 Å². The van der Waals surface area contributed by atoms with Crippen LogP contribution < -0.4 is 5.32 Å². The molecule has 6 nitrogen and oxygen atoms in total. The molecule has 2 heterocycles. The maximum absolute atomic E-state index is 12.1. The van der Waals surface area contributed by atoms with E-state index in [1.165, 1.54) is 0 Å². The summed E-state index contributed by atoms with van der Waals surface area (Å²) in [5.41, 5.74) is 0. The molecule has 17 heavy (non-hydrogen) atoms. The Bertz CT molecular complexity index is 394. The molecule has 1 fully saturated rings. The van der Waals surface area contributed by atoms with Gasteiger partial charge < -0.3 is 10.2 Å². The van der Waals surface area contributed by atoms with Crippen LogP contribution in [0.15, 0.2) is 0 Å². The number of hydrogen-bond donors (Lipinski definition) is 2. The number of nitrogens with zero attached hydrogens (tertiary/aromatic N) is 3. The second-order valence-corrected chi connectivity index (χ2v) is 4.76. The van der Waals surface area contributed by atoms with Gasteiger partial charge >= 0.3 is 0 Å². The van der Waals surface area contributed by atoms with Gasteiger partial charge in [-0.05, 0) is 13.0 Å². The third-order valence-corrected chi connectivity index (χ3v) is 3.14. The molecule has 1 aromatic rings. The Labute approximate surface area is 101 Å². The van der Waals surface area contributed by atoms with Gasteiger partial charge in [0.2, 0.25) is 5.82 Å². The Balaban J connectivity index is 2.07. The molecule has 2 N–H and O–H groups in total. The van der Waals surface area contributed by atoms with Gasteiger partial charge in [-0.1, -0.05) is 13.8 Å². The fourth-order valence-electron chi connectivity index (χ4n) is 1.92. The minimum atomic E-state index is -0.109. The Morgan fingerprint density at radius 2 is 2.29 bits per heavy atom. The maximum atomic E-state index is 12.1. The van der Waals surface area contributed by atoms with Crippen LogP contribution in [0.4, 0.5) is 0 Å². The summed E-state index contributed by atoms with van der Waals surface area (Å²) in [4.78, 5) is 18.1. The highest BCUT2D eigenvalue weighted by atomic mass is 16.2.